The molecule has 0 saturated carbocycles. The number of aromatic nitrogens is 5. The van der Waals surface area contributed by atoms with E-state index < -0.39 is 0 Å². The van der Waals surface area contributed by atoms with E-state index in [9.17, 15) is 0 Å². The lowest BCUT2D eigenvalue weighted by Crippen LogP contribution is -2.09. The minimum absolute atomic E-state index is 0. The second-order valence-corrected chi connectivity index (χ2v) is 5.56. The minimum atomic E-state index is 0. The Labute approximate surface area is 150 Å². The lowest BCUT2D eigenvalue weighted by atomic mass is 10.1. The van der Waals surface area contributed by atoms with Gasteiger partial charge in [0.15, 0.2) is 0 Å². The van der Waals surface area contributed by atoms with Crippen molar-refractivity contribution in [3.05, 3.63) is 77.9 Å². The van der Waals surface area contributed by atoms with E-state index in [0.29, 0.717) is 18.7 Å². The fourth-order valence-electron chi connectivity index (χ4n) is 2.69. The average Bonchev–Trinajstić information content (AvgIpc) is 3.24. The van der Waals surface area contributed by atoms with Crippen LogP contribution in [-0.4, -0.2) is 24.5 Å². The molecule has 7 heteroatoms. The minimum Gasteiger partial charge on any atom is -0.328 e. The van der Waals surface area contributed by atoms with Crippen molar-refractivity contribution in [1.82, 2.24) is 24.5 Å². The zero-order valence-corrected chi connectivity index (χ0v) is 14.1. The SMILES string of the molecule is Cl.N#Cc1ccc(Cn2cncc2Cn2nnc3ccccc32)cc1. The van der Waals surface area contributed by atoms with Crippen LogP contribution in [0.25, 0.3) is 11.0 Å². The van der Waals surface area contributed by atoms with E-state index in [1.54, 1.807) is 0 Å². The molecule has 0 N–H and O–H groups in total. The third-order valence-corrected chi connectivity index (χ3v) is 3.97. The summed E-state index contributed by atoms with van der Waals surface area (Å²) in [6, 6.07) is 17.6. The van der Waals surface area contributed by atoms with Crippen molar-refractivity contribution in [3.8, 4) is 6.07 Å². The summed E-state index contributed by atoms with van der Waals surface area (Å²) in [7, 11) is 0. The molecular weight excluding hydrogens is 336 g/mol. The molecule has 4 rings (SSSR count). The molecule has 2 aromatic heterocycles. The normalized spacial score (nSPS) is 10.4. The van der Waals surface area contributed by atoms with Crippen molar-refractivity contribution in [1.29, 1.82) is 5.26 Å². The van der Waals surface area contributed by atoms with E-state index in [0.717, 1.165) is 22.3 Å². The van der Waals surface area contributed by atoms with Gasteiger partial charge in [-0.3, -0.25) is 0 Å². The van der Waals surface area contributed by atoms with Crippen LogP contribution in [0.2, 0.25) is 0 Å². The highest BCUT2D eigenvalue weighted by Gasteiger charge is 2.08. The molecular formula is C18H15ClN6. The third-order valence-electron chi connectivity index (χ3n) is 3.97. The van der Waals surface area contributed by atoms with Gasteiger partial charge in [0.05, 0.1) is 41.9 Å². The molecule has 0 aliphatic carbocycles. The maximum atomic E-state index is 8.88. The first-order valence-electron chi connectivity index (χ1n) is 7.60. The number of imidazole rings is 1. The maximum absolute atomic E-state index is 8.88. The molecule has 0 aliphatic rings. The summed E-state index contributed by atoms with van der Waals surface area (Å²) < 4.78 is 3.96. The standard InChI is InChI=1S/C18H14N6.ClH/c19-9-14-5-7-15(8-6-14)11-23-13-20-10-16(23)12-24-18-4-2-1-3-17(18)21-22-24;/h1-8,10,13H,11-12H2;1H. The molecule has 4 aromatic rings. The highest BCUT2D eigenvalue weighted by atomic mass is 35.5. The van der Waals surface area contributed by atoms with E-state index in [2.05, 4.69) is 25.9 Å². The Bertz CT molecular complexity index is 1030. The van der Waals surface area contributed by atoms with Gasteiger partial charge in [-0.05, 0) is 29.8 Å². The zero-order chi connectivity index (χ0) is 16.4. The number of nitriles is 1. The lowest BCUT2D eigenvalue weighted by Gasteiger charge is -2.09. The first-order valence-corrected chi connectivity index (χ1v) is 7.60. The highest BCUT2D eigenvalue weighted by Crippen LogP contribution is 2.13. The molecule has 2 heterocycles. The molecule has 0 bridgehead atoms. The summed E-state index contributed by atoms with van der Waals surface area (Å²) in [5.41, 5.74) is 4.73. The van der Waals surface area contributed by atoms with Crippen molar-refractivity contribution in [2.75, 3.05) is 0 Å². The smallest absolute Gasteiger partial charge is 0.113 e. The molecule has 0 radical (unpaired) electrons. The Balaban J connectivity index is 0.00000182. The van der Waals surface area contributed by atoms with Crippen molar-refractivity contribution in [2.24, 2.45) is 0 Å². The van der Waals surface area contributed by atoms with Crippen molar-refractivity contribution >= 4 is 23.4 Å². The van der Waals surface area contributed by atoms with Gasteiger partial charge in [-0.25, -0.2) is 9.67 Å². The summed E-state index contributed by atoms with van der Waals surface area (Å²) in [5.74, 6) is 0. The van der Waals surface area contributed by atoms with Gasteiger partial charge in [0.25, 0.3) is 0 Å². The Morgan fingerprint density at radius 3 is 2.60 bits per heavy atom. The quantitative estimate of drug-likeness (QED) is 0.567. The van der Waals surface area contributed by atoms with E-state index >= 15 is 0 Å². The Morgan fingerprint density at radius 2 is 1.80 bits per heavy atom. The molecule has 6 nitrogen and oxygen atoms in total. The van der Waals surface area contributed by atoms with E-state index in [4.69, 9.17) is 5.26 Å². The predicted octanol–water partition coefficient (Wildman–Crippen LogP) is 3.02. The van der Waals surface area contributed by atoms with Gasteiger partial charge in [-0.1, -0.05) is 29.5 Å². The molecule has 2 aromatic carbocycles. The van der Waals surface area contributed by atoms with Crippen LogP contribution >= 0.6 is 12.4 Å². The molecule has 0 atom stereocenters. The molecule has 0 unspecified atom stereocenters. The number of hydrogen-bond donors (Lipinski definition) is 0. The molecule has 25 heavy (non-hydrogen) atoms. The van der Waals surface area contributed by atoms with Crippen LogP contribution in [0.1, 0.15) is 16.8 Å². The molecule has 0 amide bonds. The first-order chi connectivity index (χ1) is 11.8. The van der Waals surface area contributed by atoms with Gasteiger partial charge < -0.3 is 4.57 Å². The molecule has 124 valence electrons. The van der Waals surface area contributed by atoms with Crippen molar-refractivity contribution < 1.29 is 0 Å². The summed E-state index contributed by atoms with van der Waals surface area (Å²) in [6.07, 6.45) is 3.66. The van der Waals surface area contributed by atoms with Gasteiger partial charge in [0.1, 0.15) is 5.52 Å². The Hall–Kier alpha value is -3.17. The van der Waals surface area contributed by atoms with Crippen LogP contribution in [0.3, 0.4) is 0 Å². The summed E-state index contributed by atoms with van der Waals surface area (Å²) in [6.45, 7) is 1.31. The maximum Gasteiger partial charge on any atom is 0.113 e. The summed E-state index contributed by atoms with van der Waals surface area (Å²) in [5, 5.41) is 17.3. The van der Waals surface area contributed by atoms with Gasteiger partial charge in [0, 0.05) is 6.54 Å². The van der Waals surface area contributed by atoms with Gasteiger partial charge >= 0.3 is 0 Å². The van der Waals surface area contributed by atoms with Crippen LogP contribution in [0.15, 0.2) is 61.1 Å². The van der Waals surface area contributed by atoms with Crippen LogP contribution in [0.4, 0.5) is 0 Å². The van der Waals surface area contributed by atoms with Crippen molar-refractivity contribution in [3.63, 3.8) is 0 Å². The lowest BCUT2D eigenvalue weighted by molar-refractivity contribution is 0.623. The molecule has 0 spiro atoms. The number of hydrogen-bond acceptors (Lipinski definition) is 4. The molecule has 0 saturated heterocycles. The van der Waals surface area contributed by atoms with Crippen LogP contribution in [0, 0.1) is 11.3 Å². The number of nitrogens with zero attached hydrogens (tertiary/aromatic N) is 6. The zero-order valence-electron chi connectivity index (χ0n) is 13.3. The second-order valence-electron chi connectivity index (χ2n) is 5.56. The first kappa shape index (κ1) is 16.7. The van der Waals surface area contributed by atoms with Crippen LogP contribution in [-0.2, 0) is 13.1 Å². The number of fused-ring (bicyclic) bond motifs is 1. The number of para-hydroxylation sites is 1. The van der Waals surface area contributed by atoms with E-state index in [-0.39, 0.29) is 12.4 Å². The van der Waals surface area contributed by atoms with Gasteiger partial charge in [-0.2, -0.15) is 5.26 Å². The second kappa shape index (κ2) is 7.16. The Morgan fingerprint density at radius 1 is 1.00 bits per heavy atom. The average molecular weight is 351 g/mol. The van der Waals surface area contributed by atoms with Crippen LogP contribution < -0.4 is 0 Å². The van der Waals surface area contributed by atoms with E-state index in [1.807, 2.05) is 65.7 Å². The third kappa shape index (κ3) is 3.37. The topological polar surface area (TPSA) is 72.3 Å². The monoisotopic (exact) mass is 350 g/mol. The molecule has 0 aliphatic heterocycles. The predicted molar refractivity (Wildman–Crippen MR) is 96.4 cm³/mol. The number of rotatable bonds is 4. The van der Waals surface area contributed by atoms with E-state index in [1.165, 1.54) is 0 Å². The number of halogens is 1. The summed E-state index contributed by atoms with van der Waals surface area (Å²) in [4.78, 5) is 4.26. The molecule has 0 fully saturated rings. The fraction of sp³-hybridized carbons (Fsp3) is 0.111. The fourth-order valence-corrected chi connectivity index (χ4v) is 2.69. The Kier molecular flexibility index (Phi) is 4.78. The summed E-state index contributed by atoms with van der Waals surface area (Å²) >= 11 is 0. The van der Waals surface area contributed by atoms with Gasteiger partial charge in [0.2, 0.25) is 0 Å². The number of benzene rings is 2. The van der Waals surface area contributed by atoms with Crippen molar-refractivity contribution in [2.45, 2.75) is 13.1 Å². The highest BCUT2D eigenvalue weighted by molar-refractivity contribution is 5.85. The van der Waals surface area contributed by atoms with Gasteiger partial charge in [-0.15, -0.1) is 17.5 Å². The van der Waals surface area contributed by atoms with Crippen LogP contribution in [0.5, 0.6) is 0 Å². The largest absolute Gasteiger partial charge is 0.328 e.